The molecule has 0 fully saturated rings. The van der Waals surface area contributed by atoms with Crippen molar-refractivity contribution in [1.82, 2.24) is 4.72 Å². The van der Waals surface area contributed by atoms with E-state index >= 15 is 0 Å². The number of anilines is 1. The normalized spacial score (nSPS) is 12.0. The van der Waals surface area contributed by atoms with Crippen molar-refractivity contribution in [2.45, 2.75) is 17.9 Å². The summed E-state index contributed by atoms with van der Waals surface area (Å²) in [5.41, 5.74) is 1.28. The molecule has 0 aliphatic rings. The molecule has 0 aromatic heterocycles. The summed E-state index contributed by atoms with van der Waals surface area (Å²) in [5, 5.41) is 2.74. The highest BCUT2D eigenvalue weighted by Gasteiger charge is 2.20. The first-order valence-corrected chi connectivity index (χ1v) is 12.1. The number of benzene rings is 3. The van der Waals surface area contributed by atoms with Crippen LogP contribution in [0.1, 0.15) is 18.5 Å². The molecule has 2 N–H and O–H groups in total. The molecule has 0 saturated heterocycles. The SMILES string of the molecule is COc1ccc(NC(=O)COc2ccc(S(=O)(=O)N[C@@H](C)c3ccccc3)cc2Cl)c(OC)c1. The Morgan fingerprint density at radius 3 is 2.35 bits per heavy atom. The topological polar surface area (TPSA) is 103 Å². The molecular weight excluding hydrogens is 480 g/mol. The van der Waals surface area contributed by atoms with Crippen LogP contribution < -0.4 is 24.2 Å². The monoisotopic (exact) mass is 504 g/mol. The third-order valence-corrected chi connectivity index (χ3v) is 6.72. The highest BCUT2D eigenvalue weighted by atomic mass is 35.5. The molecule has 3 rings (SSSR count). The first-order valence-electron chi connectivity index (χ1n) is 10.2. The maximum absolute atomic E-state index is 12.8. The summed E-state index contributed by atoms with van der Waals surface area (Å²) >= 11 is 6.23. The molecule has 10 heteroatoms. The van der Waals surface area contributed by atoms with Crippen LogP contribution in [0.25, 0.3) is 0 Å². The van der Waals surface area contributed by atoms with E-state index < -0.39 is 22.0 Å². The summed E-state index contributed by atoms with van der Waals surface area (Å²) in [4.78, 5) is 12.3. The Hall–Kier alpha value is -3.27. The van der Waals surface area contributed by atoms with Crippen LogP contribution in [-0.2, 0) is 14.8 Å². The smallest absolute Gasteiger partial charge is 0.262 e. The van der Waals surface area contributed by atoms with E-state index in [9.17, 15) is 13.2 Å². The van der Waals surface area contributed by atoms with E-state index in [1.165, 1.54) is 32.4 Å². The largest absolute Gasteiger partial charge is 0.497 e. The third kappa shape index (κ3) is 6.40. The second-order valence-corrected chi connectivity index (χ2v) is 9.37. The third-order valence-electron chi connectivity index (χ3n) is 4.89. The molecule has 3 aromatic carbocycles. The lowest BCUT2D eigenvalue weighted by atomic mass is 10.1. The first kappa shape index (κ1) is 25.4. The van der Waals surface area contributed by atoms with Crippen molar-refractivity contribution in [3.8, 4) is 17.2 Å². The molecule has 3 aromatic rings. The molecule has 0 spiro atoms. The minimum Gasteiger partial charge on any atom is -0.497 e. The fraction of sp³-hybridized carbons (Fsp3) is 0.208. The van der Waals surface area contributed by atoms with Gasteiger partial charge in [0, 0.05) is 12.1 Å². The number of methoxy groups -OCH3 is 2. The van der Waals surface area contributed by atoms with Gasteiger partial charge in [-0.15, -0.1) is 0 Å². The fourth-order valence-corrected chi connectivity index (χ4v) is 4.67. The van der Waals surface area contributed by atoms with Gasteiger partial charge in [0.2, 0.25) is 10.0 Å². The van der Waals surface area contributed by atoms with Gasteiger partial charge in [0.15, 0.2) is 6.61 Å². The number of hydrogen-bond donors (Lipinski definition) is 2. The van der Waals surface area contributed by atoms with Crippen molar-refractivity contribution >= 4 is 33.2 Å². The molecular formula is C24H25ClN2O6S. The van der Waals surface area contributed by atoms with Crippen LogP contribution in [0.3, 0.4) is 0 Å². The van der Waals surface area contributed by atoms with Gasteiger partial charge in [-0.05, 0) is 42.8 Å². The Morgan fingerprint density at radius 1 is 0.971 bits per heavy atom. The van der Waals surface area contributed by atoms with Crippen molar-refractivity contribution in [2.24, 2.45) is 0 Å². The molecule has 0 radical (unpaired) electrons. The Labute approximate surface area is 203 Å². The molecule has 1 amide bonds. The molecule has 0 bridgehead atoms. The quantitative estimate of drug-likeness (QED) is 0.424. The van der Waals surface area contributed by atoms with Crippen LogP contribution >= 0.6 is 11.6 Å². The van der Waals surface area contributed by atoms with Crippen LogP contribution in [0.4, 0.5) is 5.69 Å². The predicted molar refractivity (Wildman–Crippen MR) is 130 cm³/mol. The summed E-state index contributed by atoms with van der Waals surface area (Å²) in [7, 11) is -0.819. The van der Waals surface area contributed by atoms with Crippen molar-refractivity contribution in [1.29, 1.82) is 0 Å². The molecule has 0 saturated carbocycles. The second kappa shape index (κ2) is 11.2. The number of halogens is 1. The van der Waals surface area contributed by atoms with Crippen LogP contribution in [-0.4, -0.2) is 35.2 Å². The number of amides is 1. The van der Waals surface area contributed by atoms with Crippen molar-refractivity contribution in [2.75, 3.05) is 26.1 Å². The van der Waals surface area contributed by atoms with E-state index in [1.807, 2.05) is 30.3 Å². The molecule has 180 valence electrons. The lowest BCUT2D eigenvalue weighted by molar-refractivity contribution is -0.118. The standard InChI is InChI=1S/C24H25ClN2O6S/c1-16(17-7-5-4-6-8-17)27-34(29,30)19-10-12-22(20(25)14-19)33-15-24(28)26-21-11-9-18(31-2)13-23(21)32-3/h4-14,16,27H,15H2,1-3H3,(H,26,28)/t16-/m0/s1. The van der Waals surface area contributed by atoms with Crippen LogP contribution in [0.15, 0.2) is 71.6 Å². The van der Waals surface area contributed by atoms with Crippen LogP contribution in [0, 0.1) is 0 Å². The van der Waals surface area contributed by atoms with Gasteiger partial charge < -0.3 is 19.5 Å². The summed E-state index contributed by atoms with van der Waals surface area (Å²) in [6, 6.07) is 17.8. The van der Waals surface area contributed by atoms with Gasteiger partial charge in [-0.3, -0.25) is 4.79 Å². The van der Waals surface area contributed by atoms with E-state index in [2.05, 4.69) is 10.0 Å². The number of sulfonamides is 1. The predicted octanol–water partition coefficient (Wildman–Crippen LogP) is 4.41. The van der Waals surface area contributed by atoms with E-state index in [-0.39, 0.29) is 22.3 Å². The molecule has 0 heterocycles. The number of rotatable bonds is 10. The second-order valence-electron chi connectivity index (χ2n) is 7.25. The highest BCUT2D eigenvalue weighted by molar-refractivity contribution is 7.89. The van der Waals surface area contributed by atoms with Crippen molar-refractivity contribution < 1.29 is 27.4 Å². The van der Waals surface area contributed by atoms with E-state index in [4.69, 9.17) is 25.8 Å². The molecule has 8 nitrogen and oxygen atoms in total. The summed E-state index contributed by atoms with van der Waals surface area (Å²) < 4.78 is 44.0. The molecule has 0 aliphatic heterocycles. The number of ether oxygens (including phenoxy) is 3. The maximum atomic E-state index is 12.8. The lowest BCUT2D eigenvalue weighted by Gasteiger charge is -2.15. The number of carbonyl (C=O) groups is 1. The number of hydrogen-bond acceptors (Lipinski definition) is 6. The Morgan fingerprint density at radius 2 is 1.71 bits per heavy atom. The van der Waals surface area contributed by atoms with Gasteiger partial charge in [-0.2, -0.15) is 0 Å². The Kier molecular flexibility index (Phi) is 8.38. The van der Waals surface area contributed by atoms with Gasteiger partial charge in [-0.1, -0.05) is 41.9 Å². The van der Waals surface area contributed by atoms with Gasteiger partial charge >= 0.3 is 0 Å². The number of carbonyl (C=O) groups excluding carboxylic acids is 1. The molecule has 0 aliphatic carbocycles. The minimum absolute atomic E-state index is 0.0138. The molecule has 0 unspecified atom stereocenters. The molecule has 34 heavy (non-hydrogen) atoms. The average Bonchev–Trinajstić information content (AvgIpc) is 2.83. The van der Waals surface area contributed by atoms with Crippen LogP contribution in [0.5, 0.6) is 17.2 Å². The van der Waals surface area contributed by atoms with Gasteiger partial charge in [0.25, 0.3) is 5.91 Å². The van der Waals surface area contributed by atoms with E-state index in [0.29, 0.717) is 17.2 Å². The minimum atomic E-state index is -3.83. The summed E-state index contributed by atoms with van der Waals surface area (Å²) in [6.45, 7) is 1.41. The zero-order valence-corrected chi connectivity index (χ0v) is 20.4. The molecule has 1 atom stereocenters. The summed E-state index contributed by atoms with van der Waals surface area (Å²) in [6.07, 6.45) is 0. The zero-order valence-electron chi connectivity index (χ0n) is 18.9. The van der Waals surface area contributed by atoms with E-state index in [0.717, 1.165) is 5.56 Å². The highest BCUT2D eigenvalue weighted by Crippen LogP contribution is 2.30. The van der Waals surface area contributed by atoms with Crippen molar-refractivity contribution in [3.63, 3.8) is 0 Å². The van der Waals surface area contributed by atoms with E-state index in [1.54, 1.807) is 25.1 Å². The zero-order chi connectivity index (χ0) is 24.7. The van der Waals surface area contributed by atoms with Crippen LogP contribution in [0.2, 0.25) is 5.02 Å². The average molecular weight is 505 g/mol. The maximum Gasteiger partial charge on any atom is 0.262 e. The van der Waals surface area contributed by atoms with Gasteiger partial charge in [-0.25, -0.2) is 13.1 Å². The first-order chi connectivity index (χ1) is 16.2. The van der Waals surface area contributed by atoms with Gasteiger partial charge in [0.05, 0.1) is 29.8 Å². The van der Waals surface area contributed by atoms with Gasteiger partial charge in [0.1, 0.15) is 17.2 Å². The fourth-order valence-electron chi connectivity index (χ4n) is 3.11. The Balaban J connectivity index is 1.63. The summed E-state index contributed by atoms with van der Waals surface area (Å²) in [5.74, 6) is 0.737. The van der Waals surface area contributed by atoms with Crippen molar-refractivity contribution in [3.05, 3.63) is 77.3 Å². The lowest BCUT2D eigenvalue weighted by Crippen LogP contribution is -2.27. The number of nitrogens with one attached hydrogen (secondary N) is 2. The Bertz CT molecular complexity index is 1250.